The van der Waals surface area contributed by atoms with Gasteiger partial charge in [0.05, 0.1) is 38.1 Å². The number of aromatic nitrogens is 1. The first kappa shape index (κ1) is 32.9. The molecule has 8 nitrogen and oxygen atoms in total. The lowest BCUT2D eigenvalue weighted by atomic mass is 9.80. The SMILES string of the molecule is Bc1cc(OCCOC(C)C(C)OCCOCC(=O)O)cc(F)c1C1c2[nH]c3ccccc3c2C[C@@H](C)N1CC(C)(C)F. The highest BCUT2D eigenvalue weighted by atomic mass is 19.1. The molecule has 234 valence electrons. The Morgan fingerprint density at radius 2 is 1.81 bits per heavy atom. The molecule has 11 heteroatoms. The first-order chi connectivity index (χ1) is 20.4. The first-order valence-corrected chi connectivity index (χ1v) is 14.9. The van der Waals surface area contributed by atoms with Crippen molar-refractivity contribution in [3.05, 3.63) is 59.0 Å². The smallest absolute Gasteiger partial charge is 0.329 e. The molecule has 3 aromatic rings. The number of hydrogen-bond acceptors (Lipinski definition) is 6. The summed E-state index contributed by atoms with van der Waals surface area (Å²) < 4.78 is 53.4. The molecule has 1 aliphatic rings. The number of aromatic amines is 1. The summed E-state index contributed by atoms with van der Waals surface area (Å²) >= 11 is 0. The summed E-state index contributed by atoms with van der Waals surface area (Å²) in [6.07, 6.45) is 0.263. The highest BCUT2D eigenvalue weighted by Gasteiger charge is 2.40. The second-order valence-corrected chi connectivity index (χ2v) is 12.0. The van der Waals surface area contributed by atoms with Crippen molar-refractivity contribution in [2.45, 2.75) is 71.0 Å². The van der Waals surface area contributed by atoms with Gasteiger partial charge in [-0.2, -0.15) is 0 Å². The van der Waals surface area contributed by atoms with E-state index in [1.54, 1.807) is 13.8 Å². The maximum Gasteiger partial charge on any atom is 0.329 e. The largest absolute Gasteiger partial charge is 0.491 e. The minimum Gasteiger partial charge on any atom is -0.491 e. The molecule has 43 heavy (non-hydrogen) atoms. The van der Waals surface area contributed by atoms with E-state index in [-0.39, 0.29) is 57.8 Å². The van der Waals surface area contributed by atoms with Gasteiger partial charge in [0.15, 0.2) is 0 Å². The van der Waals surface area contributed by atoms with E-state index >= 15 is 8.78 Å². The van der Waals surface area contributed by atoms with Crippen molar-refractivity contribution in [2.75, 3.05) is 39.6 Å². The van der Waals surface area contributed by atoms with Gasteiger partial charge in [-0.25, -0.2) is 13.6 Å². The molecule has 4 atom stereocenters. The van der Waals surface area contributed by atoms with Crippen LogP contribution < -0.4 is 10.2 Å². The van der Waals surface area contributed by atoms with Crippen molar-refractivity contribution in [1.82, 2.24) is 9.88 Å². The summed E-state index contributed by atoms with van der Waals surface area (Å²) in [5.74, 6) is -1.03. The zero-order chi connectivity index (χ0) is 31.3. The van der Waals surface area contributed by atoms with Gasteiger partial charge in [0.2, 0.25) is 0 Å². The standard InChI is InChI=1S/C32H43BF2N2O6/c1-19-14-24-23-8-6-7-9-27(23)36-30(24)31(37(19)18-32(4,5)35)29-25(33)15-22(16-26(29)34)43-13-12-42-21(3)20(2)41-11-10-40-17-28(38)39/h6-9,15-16,19-21,31,36H,10-14,17-18,33H2,1-5H3,(H,38,39)/t19-,20?,21?,31?/m1/s1. The molecule has 2 aromatic carbocycles. The predicted molar refractivity (Wildman–Crippen MR) is 165 cm³/mol. The number of aliphatic carboxylic acids is 1. The molecular formula is C32H43BF2N2O6. The number of carboxylic acids is 1. The minimum atomic E-state index is -1.46. The van der Waals surface area contributed by atoms with Crippen molar-refractivity contribution in [1.29, 1.82) is 0 Å². The monoisotopic (exact) mass is 600 g/mol. The minimum absolute atomic E-state index is 0.00392. The fraction of sp³-hybridized carbons (Fsp3) is 0.531. The Balaban J connectivity index is 1.44. The van der Waals surface area contributed by atoms with Gasteiger partial charge >= 0.3 is 5.97 Å². The Labute approximate surface area is 253 Å². The molecule has 1 aliphatic heterocycles. The zero-order valence-electron chi connectivity index (χ0n) is 25.9. The van der Waals surface area contributed by atoms with Crippen LogP contribution >= 0.6 is 0 Å². The summed E-state index contributed by atoms with van der Waals surface area (Å²) in [6.45, 7) is 9.65. The molecular weight excluding hydrogens is 557 g/mol. The van der Waals surface area contributed by atoms with Crippen LogP contribution in [0.3, 0.4) is 0 Å². The van der Waals surface area contributed by atoms with Crippen molar-refractivity contribution in [2.24, 2.45) is 0 Å². The second-order valence-electron chi connectivity index (χ2n) is 12.0. The molecule has 2 heterocycles. The molecule has 0 aliphatic carbocycles. The van der Waals surface area contributed by atoms with Crippen LogP contribution in [0.5, 0.6) is 5.75 Å². The average molecular weight is 601 g/mol. The van der Waals surface area contributed by atoms with E-state index in [2.05, 4.69) is 22.9 Å². The maximum absolute atomic E-state index is 16.0. The van der Waals surface area contributed by atoms with Gasteiger partial charge in [-0.05, 0) is 58.7 Å². The van der Waals surface area contributed by atoms with E-state index in [0.717, 1.165) is 34.0 Å². The van der Waals surface area contributed by atoms with Crippen LogP contribution in [0, 0.1) is 5.82 Å². The van der Waals surface area contributed by atoms with Crippen molar-refractivity contribution < 1.29 is 37.6 Å². The van der Waals surface area contributed by atoms with Gasteiger partial charge in [0.25, 0.3) is 0 Å². The molecule has 0 radical (unpaired) electrons. The average Bonchev–Trinajstić information content (AvgIpc) is 3.29. The Morgan fingerprint density at radius 3 is 2.47 bits per heavy atom. The highest BCUT2D eigenvalue weighted by molar-refractivity contribution is 6.33. The third-order valence-corrected chi connectivity index (χ3v) is 7.89. The number of nitrogens with one attached hydrogen (secondary N) is 1. The van der Waals surface area contributed by atoms with Crippen LogP contribution in [-0.2, 0) is 25.4 Å². The Kier molecular flexibility index (Phi) is 10.9. The van der Waals surface area contributed by atoms with Crippen LogP contribution in [-0.4, -0.2) is 92.3 Å². The van der Waals surface area contributed by atoms with Crippen LogP contribution in [0.25, 0.3) is 10.9 Å². The first-order valence-electron chi connectivity index (χ1n) is 14.9. The number of H-pyrrole nitrogens is 1. The van der Waals surface area contributed by atoms with Gasteiger partial charge < -0.3 is 29.0 Å². The van der Waals surface area contributed by atoms with E-state index in [0.29, 0.717) is 11.3 Å². The third-order valence-electron chi connectivity index (χ3n) is 7.89. The lowest BCUT2D eigenvalue weighted by Crippen LogP contribution is -2.49. The van der Waals surface area contributed by atoms with Gasteiger partial charge in [-0.15, -0.1) is 0 Å². The number of carboxylic acid groups (broad SMARTS) is 1. The van der Waals surface area contributed by atoms with Crippen LogP contribution in [0.2, 0.25) is 0 Å². The fourth-order valence-corrected chi connectivity index (χ4v) is 5.77. The molecule has 3 unspecified atom stereocenters. The van der Waals surface area contributed by atoms with E-state index in [4.69, 9.17) is 24.1 Å². The number of alkyl halides is 1. The Hall–Kier alpha value is -2.99. The quantitative estimate of drug-likeness (QED) is 0.202. The Bertz CT molecular complexity index is 1370. The number of rotatable bonds is 15. The summed E-state index contributed by atoms with van der Waals surface area (Å²) in [5, 5.41) is 9.72. The van der Waals surface area contributed by atoms with Crippen LogP contribution in [0.15, 0.2) is 36.4 Å². The van der Waals surface area contributed by atoms with Crippen molar-refractivity contribution in [3.63, 3.8) is 0 Å². The van der Waals surface area contributed by atoms with E-state index < -0.39 is 23.5 Å². The maximum atomic E-state index is 16.0. The van der Waals surface area contributed by atoms with E-state index in [1.807, 2.05) is 46.0 Å². The predicted octanol–water partition coefficient (Wildman–Crippen LogP) is 3.94. The van der Waals surface area contributed by atoms with Crippen molar-refractivity contribution >= 4 is 30.2 Å². The van der Waals surface area contributed by atoms with Gasteiger partial charge in [-0.1, -0.05) is 23.7 Å². The summed E-state index contributed by atoms with van der Waals surface area (Å²) in [6, 6.07) is 10.8. The number of para-hydroxylation sites is 1. The van der Waals surface area contributed by atoms with E-state index in [1.165, 1.54) is 6.07 Å². The number of nitrogens with zero attached hydrogens (tertiary/aromatic N) is 1. The molecule has 0 fully saturated rings. The highest BCUT2D eigenvalue weighted by Crippen LogP contribution is 2.42. The normalized spacial score (nSPS) is 18.9. The van der Waals surface area contributed by atoms with Gasteiger partial charge in [-0.3, -0.25) is 4.90 Å². The fourth-order valence-electron chi connectivity index (χ4n) is 5.77. The second kappa shape index (κ2) is 14.2. The molecule has 1 aromatic heterocycles. The third kappa shape index (κ3) is 8.35. The number of carbonyl (C=O) groups is 1. The van der Waals surface area contributed by atoms with Crippen molar-refractivity contribution in [3.8, 4) is 5.75 Å². The molecule has 0 spiro atoms. The molecule has 2 N–H and O–H groups in total. The number of halogens is 2. The Morgan fingerprint density at radius 1 is 1.14 bits per heavy atom. The summed E-state index contributed by atoms with van der Waals surface area (Å²) in [4.78, 5) is 16.1. The van der Waals surface area contributed by atoms with Gasteiger partial charge in [0.1, 0.15) is 38.3 Å². The number of hydrogen-bond donors (Lipinski definition) is 2. The van der Waals surface area contributed by atoms with Gasteiger partial charge in [0, 0.05) is 40.8 Å². The lowest BCUT2D eigenvalue weighted by molar-refractivity contribution is -0.143. The number of fused-ring (bicyclic) bond motifs is 3. The zero-order valence-corrected chi connectivity index (χ0v) is 25.9. The van der Waals surface area contributed by atoms with E-state index in [9.17, 15) is 4.79 Å². The summed E-state index contributed by atoms with van der Waals surface area (Å²) in [5.41, 5.74) is 2.83. The van der Waals surface area contributed by atoms with Crippen LogP contribution in [0.1, 0.15) is 57.5 Å². The molecule has 0 bridgehead atoms. The lowest BCUT2D eigenvalue weighted by Gasteiger charge is -2.43. The molecule has 0 saturated carbocycles. The number of benzene rings is 2. The topological polar surface area (TPSA) is 93.2 Å². The molecule has 0 saturated heterocycles. The van der Waals surface area contributed by atoms with Crippen LogP contribution in [0.4, 0.5) is 8.78 Å². The number of ether oxygens (including phenoxy) is 4. The molecule has 4 rings (SSSR count). The molecule has 0 amide bonds. The summed E-state index contributed by atoms with van der Waals surface area (Å²) in [7, 11) is 1.86.